The number of anilines is 2. The average Bonchev–Trinajstić information content (AvgIpc) is 2.96. The highest BCUT2D eigenvalue weighted by molar-refractivity contribution is 7.89. The molecular weight excluding hydrogens is 366 g/mol. The first kappa shape index (κ1) is 17.8. The number of carbonyl (C=O) groups excluding carboxylic acids is 1. The summed E-state index contributed by atoms with van der Waals surface area (Å²) in [6.07, 6.45) is 0. The molecule has 2 heterocycles. The summed E-state index contributed by atoms with van der Waals surface area (Å²) in [5.41, 5.74) is 2.37. The monoisotopic (exact) mass is 387 g/mol. The molecule has 1 fully saturated rings. The van der Waals surface area contributed by atoms with E-state index in [1.165, 1.54) is 4.31 Å². The highest BCUT2D eigenvalue weighted by atomic mass is 32.2. The number of carbonyl (C=O) groups is 1. The van der Waals surface area contributed by atoms with Crippen LogP contribution in [0.1, 0.15) is 18.4 Å². The van der Waals surface area contributed by atoms with Crippen molar-refractivity contribution in [3.63, 3.8) is 0 Å². The van der Waals surface area contributed by atoms with Crippen molar-refractivity contribution in [3.05, 3.63) is 48.0 Å². The topological polar surface area (TPSA) is 90.0 Å². The Morgan fingerprint density at radius 3 is 2.37 bits per heavy atom. The van der Waals surface area contributed by atoms with Crippen LogP contribution < -0.4 is 10.2 Å². The smallest absolute Gasteiger partial charge is 0.243 e. The molecule has 7 nitrogen and oxygen atoms in total. The highest BCUT2D eigenvalue weighted by Crippen LogP contribution is 2.34. The summed E-state index contributed by atoms with van der Waals surface area (Å²) < 4.78 is 27.6. The minimum Gasteiger partial charge on any atom is -0.508 e. The van der Waals surface area contributed by atoms with Gasteiger partial charge in [0.1, 0.15) is 5.75 Å². The number of fused-ring (bicyclic) bond motifs is 1. The quantitative estimate of drug-likeness (QED) is 0.840. The fourth-order valence-electron chi connectivity index (χ4n) is 3.55. The first-order valence-corrected chi connectivity index (χ1v) is 10.3. The molecule has 0 aromatic heterocycles. The van der Waals surface area contributed by atoms with E-state index in [2.05, 4.69) is 10.2 Å². The van der Waals surface area contributed by atoms with Gasteiger partial charge in [-0.3, -0.25) is 4.79 Å². The number of phenols is 1. The van der Waals surface area contributed by atoms with E-state index in [9.17, 15) is 18.3 Å². The minimum atomic E-state index is -3.61. The number of hydrogen-bond acceptors (Lipinski definition) is 5. The van der Waals surface area contributed by atoms with Crippen LogP contribution in [0.3, 0.4) is 0 Å². The van der Waals surface area contributed by atoms with Gasteiger partial charge in [0, 0.05) is 37.6 Å². The largest absolute Gasteiger partial charge is 0.508 e. The molecule has 2 aliphatic rings. The van der Waals surface area contributed by atoms with E-state index < -0.39 is 10.0 Å². The Morgan fingerprint density at radius 2 is 1.70 bits per heavy atom. The predicted octanol–water partition coefficient (Wildman–Crippen LogP) is 1.96. The van der Waals surface area contributed by atoms with Crippen LogP contribution in [0.4, 0.5) is 11.4 Å². The number of nitrogens with zero attached hydrogens (tertiary/aromatic N) is 2. The molecule has 4 rings (SSSR count). The maximum absolute atomic E-state index is 13.0. The summed E-state index contributed by atoms with van der Waals surface area (Å²) >= 11 is 0. The van der Waals surface area contributed by atoms with Crippen LogP contribution in [0.2, 0.25) is 0 Å². The lowest BCUT2D eigenvalue weighted by Gasteiger charge is -2.35. The number of hydrogen-bond donors (Lipinski definition) is 2. The fraction of sp³-hybridized carbons (Fsp3) is 0.316. The molecule has 8 heteroatoms. The molecule has 1 saturated heterocycles. The summed E-state index contributed by atoms with van der Waals surface area (Å²) in [4.78, 5) is 14.1. The zero-order valence-corrected chi connectivity index (χ0v) is 15.7. The Kier molecular flexibility index (Phi) is 4.32. The number of amides is 1. The van der Waals surface area contributed by atoms with Gasteiger partial charge < -0.3 is 15.3 Å². The third kappa shape index (κ3) is 3.15. The minimum absolute atomic E-state index is 0.109. The molecule has 2 N–H and O–H groups in total. The Hall–Kier alpha value is -2.58. The summed E-state index contributed by atoms with van der Waals surface area (Å²) in [5.74, 6) is -0.248. The van der Waals surface area contributed by atoms with Crippen LogP contribution in [-0.2, 0) is 14.8 Å². The zero-order valence-electron chi connectivity index (χ0n) is 14.9. The average molecular weight is 387 g/mol. The number of phenolic OH excluding ortho intramolecular Hbond substituents is 1. The summed E-state index contributed by atoms with van der Waals surface area (Å²) in [7, 11) is -3.61. The van der Waals surface area contributed by atoms with Gasteiger partial charge in [0.2, 0.25) is 15.9 Å². The fourth-order valence-corrected chi connectivity index (χ4v) is 5.01. The summed E-state index contributed by atoms with van der Waals surface area (Å²) in [6, 6.07) is 11.7. The number of rotatable bonds is 3. The van der Waals surface area contributed by atoms with Gasteiger partial charge in [0.15, 0.2) is 0 Å². The standard InChI is InChI=1S/C19H21N3O4S/c1-13-17-12-16(6-7-18(17)20-19(13)24)27(25,26)22-10-8-21(9-11-22)14-2-4-15(23)5-3-14/h2-7,12-13,23H,8-11H2,1H3,(H,20,24)/t13-/m1/s1. The molecule has 0 spiro atoms. The first-order valence-electron chi connectivity index (χ1n) is 8.85. The second kappa shape index (κ2) is 6.54. The van der Waals surface area contributed by atoms with Gasteiger partial charge in [0.05, 0.1) is 10.8 Å². The van der Waals surface area contributed by atoms with Crippen LogP contribution in [-0.4, -0.2) is 49.9 Å². The van der Waals surface area contributed by atoms with Gasteiger partial charge in [-0.25, -0.2) is 8.42 Å². The Balaban J connectivity index is 1.51. The molecule has 0 aliphatic carbocycles. The van der Waals surface area contributed by atoms with Crippen LogP contribution in [0, 0.1) is 0 Å². The van der Waals surface area contributed by atoms with Crippen LogP contribution >= 0.6 is 0 Å². The van der Waals surface area contributed by atoms with E-state index in [1.807, 2.05) is 12.1 Å². The summed E-state index contributed by atoms with van der Waals surface area (Å²) in [5, 5.41) is 12.2. The second-order valence-corrected chi connectivity index (χ2v) is 8.81. The molecule has 0 radical (unpaired) electrons. The van der Waals surface area contributed by atoms with Crippen LogP contribution in [0.25, 0.3) is 0 Å². The van der Waals surface area contributed by atoms with Crippen LogP contribution in [0.5, 0.6) is 5.75 Å². The lowest BCUT2D eigenvalue weighted by molar-refractivity contribution is -0.116. The molecular formula is C19H21N3O4S. The van der Waals surface area contributed by atoms with Gasteiger partial charge in [-0.1, -0.05) is 0 Å². The van der Waals surface area contributed by atoms with Crippen molar-refractivity contribution in [3.8, 4) is 5.75 Å². The van der Waals surface area contributed by atoms with Gasteiger partial charge in [-0.2, -0.15) is 4.31 Å². The maximum Gasteiger partial charge on any atom is 0.243 e. The van der Waals surface area contributed by atoms with E-state index >= 15 is 0 Å². The molecule has 0 unspecified atom stereocenters. The first-order chi connectivity index (χ1) is 12.9. The van der Waals surface area contributed by atoms with E-state index in [4.69, 9.17) is 0 Å². The lowest BCUT2D eigenvalue weighted by atomic mass is 10.0. The normalized spacial score (nSPS) is 20.4. The number of benzene rings is 2. The van der Waals surface area contributed by atoms with Crippen molar-refractivity contribution in [1.82, 2.24) is 4.31 Å². The van der Waals surface area contributed by atoms with Gasteiger partial charge >= 0.3 is 0 Å². The van der Waals surface area contributed by atoms with Crippen molar-refractivity contribution in [2.75, 3.05) is 36.4 Å². The maximum atomic E-state index is 13.0. The van der Waals surface area contributed by atoms with Crippen molar-refractivity contribution < 1.29 is 18.3 Å². The third-order valence-corrected chi connectivity index (χ3v) is 7.13. The zero-order chi connectivity index (χ0) is 19.2. The van der Waals surface area contributed by atoms with Crippen molar-refractivity contribution in [1.29, 1.82) is 0 Å². The van der Waals surface area contributed by atoms with E-state index in [0.717, 1.165) is 11.3 Å². The van der Waals surface area contributed by atoms with Gasteiger partial charge in [0.25, 0.3) is 0 Å². The SMILES string of the molecule is C[C@H]1C(=O)Nc2ccc(S(=O)(=O)N3CCN(c4ccc(O)cc4)CC3)cc21. The number of nitrogens with one attached hydrogen (secondary N) is 1. The van der Waals surface area contributed by atoms with Gasteiger partial charge in [-0.15, -0.1) is 0 Å². The Morgan fingerprint density at radius 1 is 1.04 bits per heavy atom. The van der Waals surface area contributed by atoms with Crippen LogP contribution in [0.15, 0.2) is 47.4 Å². The highest BCUT2D eigenvalue weighted by Gasteiger charge is 2.32. The molecule has 2 aliphatic heterocycles. The molecule has 2 aromatic rings. The van der Waals surface area contributed by atoms with E-state index in [-0.39, 0.29) is 22.5 Å². The van der Waals surface area contributed by atoms with Crippen molar-refractivity contribution in [2.24, 2.45) is 0 Å². The van der Waals surface area contributed by atoms with Crippen molar-refractivity contribution >= 4 is 27.3 Å². The number of piperazine rings is 1. The van der Waals surface area contributed by atoms with Gasteiger partial charge in [-0.05, 0) is 55.0 Å². The number of sulfonamides is 1. The predicted molar refractivity (Wildman–Crippen MR) is 103 cm³/mol. The molecule has 2 aromatic carbocycles. The molecule has 27 heavy (non-hydrogen) atoms. The Bertz CT molecular complexity index is 981. The molecule has 0 bridgehead atoms. The van der Waals surface area contributed by atoms with Crippen molar-refractivity contribution in [2.45, 2.75) is 17.7 Å². The van der Waals surface area contributed by atoms with E-state index in [1.54, 1.807) is 37.3 Å². The lowest BCUT2D eigenvalue weighted by Crippen LogP contribution is -2.48. The molecule has 1 amide bonds. The second-order valence-electron chi connectivity index (χ2n) is 6.87. The van der Waals surface area contributed by atoms with E-state index in [0.29, 0.717) is 31.9 Å². The number of aromatic hydroxyl groups is 1. The molecule has 0 saturated carbocycles. The Labute approximate surface area is 158 Å². The summed E-state index contributed by atoms with van der Waals surface area (Å²) in [6.45, 7) is 3.69. The molecule has 1 atom stereocenters. The third-order valence-electron chi connectivity index (χ3n) is 5.23. The molecule has 142 valence electrons.